The fourth-order valence-electron chi connectivity index (χ4n) is 2.89. The van der Waals surface area contributed by atoms with Crippen LogP contribution >= 0.6 is 0 Å². The first kappa shape index (κ1) is 14.4. The molecule has 2 atom stereocenters. The SMILES string of the molecule is COc1ccccc1C(C)N(C)CC1CCCNC1. The van der Waals surface area contributed by atoms with Crippen molar-refractivity contribution in [3.63, 3.8) is 0 Å². The van der Waals surface area contributed by atoms with Gasteiger partial charge in [-0.05, 0) is 51.9 Å². The molecule has 1 aromatic rings. The maximum Gasteiger partial charge on any atom is 0.123 e. The number of rotatable bonds is 5. The minimum absolute atomic E-state index is 0.387. The van der Waals surface area contributed by atoms with E-state index in [2.05, 4.69) is 36.3 Å². The molecule has 0 bridgehead atoms. The summed E-state index contributed by atoms with van der Waals surface area (Å²) < 4.78 is 5.47. The van der Waals surface area contributed by atoms with E-state index in [1.165, 1.54) is 24.9 Å². The van der Waals surface area contributed by atoms with Gasteiger partial charge in [0.15, 0.2) is 0 Å². The van der Waals surface area contributed by atoms with Crippen molar-refractivity contribution in [2.24, 2.45) is 5.92 Å². The highest BCUT2D eigenvalue weighted by molar-refractivity contribution is 5.35. The molecule has 1 aliphatic heterocycles. The largest absolute Gasteiger partial charge is 0.496 e. The Hall–Kier alpha value is -1.06. The van der Waals surface area contributed by atoms with Gasteiger partial charge in [0, 0.05) is 18.2 Å². The maximum atomic E-state index is 5.47. The number of para-hydroxylation sites is 1. The first-order chi connectivity index (χ1) is 9.22. The van der Waals surface area contributed by atoms with Gasteiger partial charge in [0.1, 0.15) is 5.75 Å². The van der Waals surface area contributed by atoms with Crippen molar-refractivity contribution in [2.75, 3.05) is 33.8 Å². The maximum absolute atomic E-state index is 5.47. The van der Waals surface area contributed by atoms with Crippen LogP contribution in [-0.4, -0.2) is 38.7 Å². The molecular weight excluding hydrogens is 236 g/mol. The smallest absolute Gasteiger partial charge is 0.123 e. The Labute approximate surface area is 116 Å². The van der Waals surface area contributed by atoms with Crippen molar-refractivity contribution < 1.29 is 4.74 Å². The summed E-state index contributed by atoms with van der Waals surface area (Å²) in [6, 6.07) is 8.71. The lowest BCUT2D eigenvalue weighted by molar-refractivity contribution is 0.196. The number of piperidine rings is 1. The summed E-state index contributed by atoms with van der Waals surface area (Å²) in [5.74, 6) is 1.76. The second-order valence-electron chi connectivity index (χ2n) is 5.57. The van der Waals surface area contributed by atoms with Gasteiger partial charge >= 0.3 is 0 Å². The highest BCUT2D eigenvalue weighted by atomic mass is 16.5. The first-order valence-electron chi connectivity index (χ1n) is 7.26. The fourth-order valence-corrected chi connectivity index (χ4v) is 2.89. The summed E-state index contributed by atoms with van der Waals surface area (Å²) in [6.07, 6.45) is 2.65. The van der Waals surface area contributed by atoms with Gasteiger partial charge in [0.05, 0.1) is 7.11 Å². The van der Waals surface area contributed by atoms with E-state index in [0.29, 0.717) is 6.04 Å². The van der Waals surface area contributed by atoms with Crippen molar-refractivity contribution in [1.82, 2.24) is 10.2 Å². The van der Waals surface area contributed by atoms with Gasteiger partial charge in [-0.15, -0.1) is 0 Å². The molecule has 1 aromatic carbocycles. The zero-order valence-corrected chi connectivity index (χ0v) is 12.4. The van der Waals surface area contributed by atoms with E-state index in [-0.39, 0.29) is 0 Å². The molecule has 1 fully saturated rings. The summed E-state index contributed by atoms with van der Waals surface area (Å²) in [6.45, 7) is 5.74. The van der Waals surface area contributed by atoms with E-state index in [1.807, 2.05) is 12.1 Å². The molecule has 0 saturated carbocycles. The van der Waals surface area contributed by atoms with Crippen molar-refractivity contribution in [1.29, 1.82) is 0 Å². The number of benzene rings is 1. The zero-order chi connectivity index (χ0) is 13.7. The predicted octanol–water partition coefficient (Wildman–Crippen LogP) is 2.69. The number of nitrogens with one attached hydrogen (secondary N) is 1. The van der Waals surface area contributed by atoms with Crippen LogP contribution in [0.5, 0.6) is 5.75 Å². The summed E-state index contributed by atoms with van der Waals surface area (Å²) in [7, 11) is 3.96. The Balaban J connectivity index is 1.99. The van der Waals surface area contributed by atoms with Crippen LogP contribution in [0, 0.1) is 5.92 Å². The standard InChI is InChI=1S/C16H26N2O/c1-13(15-8-4-5-9-16(15)19-3)18(2)12-14-7-6-10-17-11-14/h4-5,8-9,13-14,17H,6-7,10-12H2,1-3H3. The molecule has 0 spiro atoms. The average molecular weight is 262 g/mol. The van der Waals surface area contributed by atoms with Gasteiger partial charge in [0.2, 0.25) is 0 Å². The van der Waals surface area contributed by atoms with Crippen LogP contribution in [0.25, 0.3) is 0 Å². The topological polar surface area (TPSA) is 24.5 Å². The van der Waals surface area contributed by atoms with E-state index < -0.39 is 0 Å². The van der Waals surface area contributed by atoms with Crippen molar-refractivity contribution >= 4 is 0 Å². The quantitative estimate of drug-likeness (QED) is 0.883. The summed E-state index contributed by atoms with van der Waals surface area (Å²) in [4.78, 5) is 2.44. The molecule has 19 heavy (non-hydrogen) atoms. The third kappa shape index (κ3) is 3.71. The lowest BCUT2D eigenvalue weighted by Gasteiger charge is -2.32. The highest BCUT2D eigenvalue weighted by Gasteiger charge is 2.20. The summed E-state index contributed by atoms with van der Waals surface area (Å²) in [5, 5.41) is 3.49. The first-order valence-corrected chi connectivity index (χ1v) is 7.26. The molecule has 1 heterocycles. The zero-order valence-electron chi connectivity index (χ0n) is 12.4. The van der Waals surface area contributed by atoms with E-state index >= 15 is 0 Å². The van der Waals surface area contributed by atoms with Crippen molar-refractivity contribution in [3.05, 3.63) is 29.8 Å². The van der Waals surface area contributed by atoms with Gasteiger partial charge in [0.25, 0.3) is 0 Å². The monoisotopic (exact) mass is 262 g/mol. The molecule has 1 saturated heterocycles. The normalized spacial score (nSPS) is 21.4. The lowest BCUT2D eigenvalue weighted by atomic mass is 9.97. The molecule has 0 aliphatic carbocycles. The molecule has 3 nitrogen and oxygen atoms in total. The third-order valence-electron chi connectivity index (χ3n) is 4.20. The average Bonchev–Trinajstić information content (AvgIpc) is 2.47. The second-order valence-corrected chi connectivity index (χ2v) is 5.57. The minimum atomic E-state index is 0.387. The molecule has 1 N–H and O–H groups in total. The van der Waals surface area contributed by atoms with Gasteiger partial charge in [-0.1, -0.05) is 18.2 Å². The van der Waals surface area contributed by atoms with Gasteiger partial charge in [-0.25, -0.2) is 0 Å². The van der Waals surface area contributed by atoms with E-state index in [9.17, 15) is 0 Å². The second kappa shape index (κ2) is 6.92. The van der Waals surface area contributed by atoms with Crippen molar-refractivity contribution in [2.45, 2.75) is 25.8 Å². The molecule has 3 heteroatoms. The molecule has 0 aromatic heterocycles. The van der Waals surface area contributed by atoms with E-state index in [1.54, 1.807) is 7.11 Å². The Morgan fingerprint density at radius 3 is 2.89 bits per heavy atom. The van der Waals surface area contributed by atoms with Crippen LogP contribution in [0.2, 0.25) is 0 Å². The lowest BCUT2D eigenvalue weighted by Crippen LogP contribution is -2.37. The van der Waals surface area contributed by atoms with Crippen LogP contribution in [0.1, 0.15) is 31.4 Å². The van der Waals surface area contributed by atoms with E-state index in [0.717, 1.165) is 24.8 Å². The van der Waals surface area contributed by atoms with Crippen LogP contribution in [0.15, 0.2) is 24.3 Å². The fraction of sp³-hybridized carbons (Fsp3) is 0.625. The van der Waals surface area contributed by atoms with Crippen LogP contribution in [-0.2, 0) is 0 Å². The van der Waals surface area contributed by atoms with E-state index in [4.69, 9.17) is 4.74 Å². The number of methoxy groups -OCH3 is 1. The van der Waals surface area contributed by atoms with Gasteiger partial charge < -0.3 is 10.1 Å². The van der Waals surface area contributed by atoms with Crippen LogP contribution < -0.4 is 10.1 Å². The molecule has 2 rings (SSSR count). The Morgan fingerprint density at radius 2 is 2.21 bits per heavy atom. The molecule has 106 valence electrons. The molecule has 1 aliphatic rings. The van der Waals surface area contributed by atoms with Crippen molar-refractivity contribution in [3.8, 4) is 5.75 Å². The number of nitrogens with zero attached hydrogens (tertiary/aromatic N) is 1. The Bertz CT molecular complexity index is 388. The minimum Gasteiger partial charge on any atom is -0.496 e. The highest BCUT2D eigenvalue weighted by Crippen LogP contribution is 2.28. The predicted molar refractivity (Wildman–Crippen MR) is 79.6 cm³/mol. The molecular formula is C16H26N2O. The number of ether oxygens (including phenoxy) is 1. The van der Waals surface area contributed by atoms with Crippen LogP contribution in [0.3, 0.4) is 0 Å². The number of hydrogen-bond donors (Lipinski definition) is 1. The molecule has 2 unspecified atom stereocenters. The third-order valence-corrected chi connectivity index (χ3v) is 4.20. The number of hydrogen-bond acceptors (Lipinski definition) is 3. The van der Waals surface area contributed by atoms with Crippen LogP contribution in [0.4, 0.5) is 0 Å². The Morgan fingerprint density at radius 1 is 1.42 bits per heavy atom. The van der Waals surface area contributed by atoms with Gasteiger partial charge in [-0.3, -0.25) is 4.90 Å². The Kier molecular flexibility index (Phi) is 5.23. The van der Waals surface area contributed by atoms with Gasteiger partial charge in [-0.2, -0.15) is 0 Å². The molecule has 0 radical (unpaired) electrons. The summed E-state index contributed by atoms with van der Waals surface area (Å²) in [5.41, 5.74) is 1.27. The molecule has 0 amide bonds. The summed E-state index contributed by atoms with van der Waals surface area (Å²) >= 11 is 0.